The average Bonchev–Trinajstić information content (AvgIpc) is 3.00. The zero-order valence-electron chi connectivity index (χ0n) is 25.3. The van der Waals surface area contributed by atoms with Crippen LogP contribution in [0, 0.1) is 0 Å². The molecule has 4 N–H and O–H groups in total. The third-order valence-corrected chi connectivity index (χ3v) is 8.53. The summed E-state index contributed by atoms with van der Waals surface area (Å²) in [7, 11) is 0. The number of benzene rings is 4. The van der Waals surface area contributed by atoms with Crippen LogP contribution in [0.2, 0.25) is 0 Å². The van der Waals surface area contributed by atoms with Crippen LogP contribution in [-0.2, 0) is 12.8 Å². The molecule has 2 heteroatoms. The Morgan fingerprint density at radius 1 is 0.415 bits per heavy atom. The van der Waals surface area contributed by atoms with Crippen LogP contribution in [0.4, 0.5) is 11.4 Å². The molecule has 0 heterocycles. The van der Waals surface area contributed by atoms with Crippen molar-refractivity contribution in [1.29, 1.82) is 0 Å². The summed E-state index contributed by atoms with van der Waals surface area (Å²) in [6.45, 7) is 4.53. The number of hydrogen-bond acceptors (Lipinski definition) is 2. The van der Waals surface area contributed by atoms with Crippen LogP contribution in [0.15, 0.2) is 97.1 Å². The van der Waals surface area contributed by atoms with Crippen molar-refractivity contribution < 1.29 is 0 Å². The van der Waals surface area contributed by atoms with Gasteiger partial charge in [-0.3, -0.25) is 0 Å². The Labute approximate surface area is 249 Å². The van der Waals surface area contributed by atoms with Crippen LogP contribution < -0.4 is 11.5 Å². The number of nitrogens with two attached hydrogens (primary N) is 2. The lowest BCUT2D eigenvalue weighted by Crippen LogP contribution is -2.02. The summed E-state index contributed by atoms with van der Waals surface area (Å²) >= 11 is 0. The number of aryl methyl sites for hydroxylation is 2. The largest absolute Gasteiger partial charge is 0.399 e. The van der Waals surface area contributed by atoms with E-state index in [-0.39, 0.29) is 0 Å². The van der Waals surface area contributed by atoms with Gasteiger partial charge in [0, 0.05) is 23.2 Å². The number of nitrogen functional groups attached to an aromatic ring is 2. The lowest BCUT2D eigenvalue weighted by molar-refractivity contribution is 0.613. The highest BCUT2D eigenvalue weighted by atomic mass is 14.5. The first-order chi connectivity index (χ1) is 20.1. The summed E-state index contributed by atoms with van der Waals surface area (Å²) in [4.78, 5) is 0. The van der Waals surface area contributed by atoms with E-state index in [0.717, 1.165) is 24.2 Å². The lowest BCUT2D eigenvalue weighted by atomic mass is 9.87. The van der Waals surface area contributed by atoms with Gasteiger partial charge in [0.1, 0.15) is 0 Å². The predicted octanol–water partition coefficient (Wildman–Crippen LogP) is 10.5. The van der Waals surface area contributed by atoms with Gasteiger partial charge in [-0.05, 0) is 96.2 Å². The second-order valence-corrected chi connectivity index (χ2v) is 11.8. The minimum Gasteiger partial charge on any atom is -0.399 e. The maximum absolute atomic E-state index is 5.91. The fourth-order valence-electron chi connectivity index (χ4n) is 6.11. The summed E-state index contributed by atoms with van der Waals surface area (Å²) in [6.07, 6.45) is 13.5. The minimum atomic E-state index is 0.451. The summed E-state index contributed by atoms with van der Waals surface area (Å²) in [6, 6.07) is 35.6. The Balaban J connectivity index is 1.16. The molecule has 2 unspecified atom stereocenters. The average molecular weight is 547 g/mol. The first-order valence-corrected chi connectivity index (χ1v) is 16.0. The fourth-order valence-corrected chi connectivity index (χ4v) is 6.11. The van der Waals surface area contributed by atoms with E-state index >= 15 is 0 Å². The maximum atomic E-state index is 5.91. The van der Waals surface area contributed by atoms with Crippen molar-refractivity contribution in [3.63, 3.8) is 0 Å². The molecular formula is C39H50N2. The van der Waals surface area contributed by atoms with Gasteiger partial charge < -0.3 is 11.5 Å². The van der Waals surface area contributed by atoms with Gasteiger partial charge in [0.2, 0.25) is 0 Å². The van der Waals surface area contributed by atoms with Crippen LogP contribution in [0.1, 0.15) is 117 Å². The number of hydrogen-bond donors (Lipinski definition) is 2. The molecule has 0 saturated heterocycles. The second-order valence-electron chi connectivity index (χ2n) is 11.8. The molecule has 216 valence electrons. The monoisotopic (exact) mass is 546 g/mol. The molecule has 0 aliphatic heterocycles. The quantitative estimate of drug-likeness (QED) is 0.108. The second kappa shape index (κ2) is 16.1. The molecule has 0 bridgehead atoms. The molecule has 4 aromatic rings. The van der Waals surface area contributed by atoms with Crippen LogP contribution in [0.25, 0.3) is 0 Å². The van der Waals surface area contributed by atoms with Crippen LogP contribution in [0.3, 0.4) is 0 Å². The Bertz CT molecular complexity index is 1170. The van der Waals surface area contributed by atoms with Crippen molar-refractivity contribution >= 4 is 11.4 Å². The molecule has 2 atom stereocenters. The van der Waals surface area contributed by atoms with Gasteiger partial charge in [0.25, 0.3) is 0 Å². The molecule has 0 aliphatic rings. The van der Waals surface area contributed by atoms with Crippen molar-refractivity contribution in [1.82, 2.24) is 0 Å². The SMILES string of the molecule is CCCC(c1ccc(N)cc1)c1ccc(CCCCCCCc2ccc(C(CCC)c3ccc(N)cc3)cc2)cc1. The highest BCUT2D eigenvalue weighted by Gasteiger charge is 2.14. The zero-order valence-corrected chi connectivity index (χ0v) is 25.3. The molecule has 0 spiro atoms. The Morgan fingerprint density at radius 3 is 1.02 bits per heavy atom. The van der Waals surface area contributed by atoms with E-state index in [2.05, 4.69) is 86.6 Å². The van der Waals surface area contributed by atoms with Gasteiger partial charge in [-0.15, -0.1) is 0 Å². The molecule has 0 saturated carbocycles. The smallest absolute Gasteiger partial charge is 0.0314 e. The Kier molecular flexibility index (Phi) is 11.9. The van der Waals surface area contributed by atoms with Crippen molar-refractivity contribution in [3.05, 3.63) is 130 Å². The van der Waals surface area contributed by atoms with Gasteiger partial charge >= 0.3 is 0 Å². The van der Waals surface area contributed by atoms with Gasteiger partial charge in [-0.2, -0.15) is 0 Å². The van der Waals surface area contributed by atoms with Crippen molar-refractivity contribution in [3.8, 4) is 0 Å². The first kappa shape index (κ1) is 30.4. The molecule has 0 aliphatic carbocycles. The fraction of sp³-hybridized carbons (Fsp3) is 0.385. The molecular weight excluding hydrogens is 496 g/mol. The Hall–Kier alpha value is -3.52. The molecule has 4 aromatic carbocycles. The highest BCUT2D eigenvalue weighted by molar-refractivity contribution is 5.44. The molecule has 41 heavy (non-hydrogen) atoms. The number of unbranched alkanes of at least 4 members (excludes halogenated alkanes) is 4. The maximum Gasteiger partial charge on any atom is 0.0314 e. The molecule has 0 fully saturated rings. The third-order valence-electron chi connectivity index (χ3n) is 8.53. The summed E-state index contributed by atoms with van der Waals surface area (Å²) in [5.41, 5.74) is 22.0. The van der Waals surface area contributed by atoms with Gasteiger partial charge in [0.15, 0.2) is 0 Å². The first-order valence-electron chi connectivity index (χ1n) is 16.0. The lowest BCUT2D eigenvalue weighted by Gasteiger charge is -2.18. The summed E-state index contributed by atoms with van der Waals surface area (Å²) in [5.74, 6) is 0.902. The summed E-state index contributed by atoms with van der Waals surface area (Å²) in [5, 5.41) is 0. The van der Waals surface area contributed by atoms with Crippen molar-refractivity contribution in [2.45, 2.75) is 96.3 Å². The van der Waals surface area contributed by atoms with Crippen LogP contribution in [-0.4, -0.2) is 0 Å². The number of anilines is 2. The van der Waals surface area contributed by atoms with Crippen molar-refractivity contribution in [2.24, 2.45) is 0 Å². The Morgan fingerprint density at radius 2 is 0.707 bits per heavy atom. The number of rotatable bonds is 16. The van der Waals surface area contributed by atoms with E-state index in [1.54, 1.807) is 0 Å². The van der Waals surface area contributed by atoms with Crippen LogP contribution >= 0.6 is 0 Å². The van der Waals surface area contributed by atoms with Crippen molar-refractivity contribution in [2.75, 3.05) is 11.5 Å². The molecule has 0 aromatic heterocycles. The molecule has 4 rings (SSSR count). The highest BCUT2D eigenvalue weighted by Crippen LogP contribution is 2.31. The molecule has 0 radical (unpaired) electrons. The van der Waals surface area contributed by atoms with E-state index in [4.69, 9.17) is 11.5 Å². The van der Waals surface area contributed by atoms with E-state index in [1.807, 2.05) is 24.3 Å². The van der Waals surface area contributed by atoms with E-state index < -0.39 is 0 Å². The molecule has 2 nitrogen and oxygen atoms in total. The van der Waals surface area contributed by atoms with Gasteiger partial charge in [-0.1, -0.05) is 119 Å². The minimum absolute atomic E-state index is 0.451. The topological polar surface area (TPSA) is 52.0 Å². The van der Waals surface area contributed by atoms with E-state index in [1.165, 1.54) is 91.2 Å². The van der Waals surface area contributed by atoms with E-state index in [0.29, 0.717) is 11.8 Å². The standard InChI is InChI=1S/C39H50N2/c1-3-10-38(34-22-26-36(40)27-23-34)32-18-14-30(15-19-32)12-8-6-5-7-9-13-31-16-20-33(21-17-31)39(11-4-2)35-24-28-37(41)29-25-35/h14-29,38-39H,3-13,40-41H2,1-2H3. The van der Waals surface area contributed by atoms with Gasteiger partial charge in [0.05, 0.1) is 0 Å². The van der Waals surface area contributed by atoms with Gasteiger partial charge in [-0.25, -0.2) is 0 Å². The van der Waals surface area contributed by atoms with Crippen LogP contribution in [0.5, 0.6) is 0 Å². The molecule has 0 amide bonds. The third kappa shape index (κ3) is 9.25. The summed E-state index contributed by atoms with van der Waals surface area (Å²) < 4.78 is 0. The normalized spacial score (nSPS) is 12.7. The predicted molar refractivity (Wildman–Crippen MR) is 179 cm³/mol. The zero-order chi connectivity index (χ0) is 28.9. The van der Waals surface area contributed by atoms with E-state index in [9.17, 15) is 0 Å².